The van der Waals surface area contributed by atoms with Crippen LogP contribution >= 0.6 is 0 Å². The molecule has 0 aliphatic rings. The number of rotatable bonds is 5. The van der Waals surface area contributed by atoms with Crippen LogP contribution in [0.5, 0.6) is 0 Å². The lowest BCUT2D eigenvalue weighted by Crippen LogP contribution is -2.17. The molecule has 0 atom stereocenters. The lowest BCUT2D eigenvalue weighted by Gasteiger charge is -2.10. The van der Waals surface area contributed by atoms with Crippen molar-refractivity contribution in [2.24, 2.45) is 0 Å². The first kappa shape index (κ1) is 16.1. The molecule has 0 radical (unpaired) electrons. The molecule has 0 bridgehead atoms. The summed E-state index contributed by atoms with van der Waals surface area (Å²) < 4.78 is 42.0. The Labute approximate surface area is 139 Å². The highest BCUT2D eigenvalue weighted by Crippen LogP contribution is 2.18. The number of pyridine rings is 1. The number of anilines is 1. The SMILES string of the molecule is Cc1cc(NS(=O)(=O)c2cncc(F)c2)n(Cc2ccccc2)n1. The van der Waals surface area contributed by atoms with Gasteiger partial charge in [-0.1, -0.05) is 30.3 Å². The van der Waals surface area contributed by atoms with Crippen molar-refractivity contribution in [1.82, 2.24) is 14.8 Å². The maximum atomic E-state index is 13.2. The standard InChI is InChI=1S/C16H15FN4O2S/c1-12-7-16(21(19-12)11-13-5-3-2-4-6-13)20-24(22,23)15-8-14(17)9-18-10-15/h2-10,20H,11H2,1H3. The van der Waals surface area contributed by atoms with E-state index in [0.717, 1.165) is 24.0 Å². The molecule has 1 N–H and O–H groups in total. The maximum Gasteiger partial charge on any atom is 0.264 e. The molecule has 0 unspecified atom stereocenters. The Morgan fingerprint density at radius 3 is 2.62 bits per heavy atom. The Morgan fingerprint density at radius 2 is 1.92 bits per heavy atom. The molecule has 2 aromatic heterocycles. The Bertz CT molecular complexity index is 955. The largest absolute Gasteiger partial charge is 0.264 e. The molecule has 6 nitrogen and oxygen atoms in total. The molecular weight excluding hydrogens is 331 g/mol. The van der Waals surface area contributed by atoms with Gasteiger partial charge in [-0.05, 0) is 18.6 Å². The van der Waals surface area contributed by atoms with Crippen LogP contribution in [-0.4, -0.2) is 23.2 Å². The van der Waals surface area contributed by atoms with E-state index in [1.807, 2.05) is 30.3 Å². The van der Waals surface area contributed by atoms with Crippen LogP contribution in [0.3, 0.4) is 0 Å². The smallest absolute Gasteiger partial charge is 0.263 e. The number of hydrogen-bond acceptors (Lipinski definition) is 4. The summed E-state index contributed by atoms with van der Waals surface area (Å²) in [6, 6.07) is 12.1. The van der Waals surface area contributed by atoms with Crippen molar-refractivity contribution in [3.8, 4) is 0 Å². The summed E-state index contributed by atoms with van der Waals surface area (Å²) in [4.78, 5) is 3.33. The van der Waals surface area contributed by atoms with Crippen LogP contribution < -0.4 is 4.72 Å². The second-order valence-corrected chi connectivity index (χ2v) is 6.94. The molecule has 0 spiro atoms. The quantitative estimate of drug-likeness (QED) is 0.770. The van der Waals surface area contributed by atoms with Crippen molar-refractivity contribution in [3.63, 3.8) is 0 Å². The summed E-state index contributed by atoms with van der Waals surface area (Å²) in [5.41, 5.74) is 1.65. The first-order chi connectivity index (χ1) is 11.4. The zero-order chi connectivity index (χ0) is 17.2. The minimum Gasteiger partial charge on any atom is -0.263 e. The highest BCUT2D eigenvalue weighted by molar-refractivity contribution is 7.92. The van der Waals surface area contributed by atoms with Crippen molar-refractivity contribution in [1.29, 1.82) is 0 Å². The van der Waals surface area contributed by atoms with E-state index in [-0.39, 0.29) is 4.90 Å². The third-order valence-electron chi connectivity index (χ3n) is 3.31. The Balaban J connectivity index is 1.90. The Kier molecular flexibility index (Phi) is 4.30. The summed E-state index contributed by atoms with van der Waals surface area (Å²) in [5, 5.41) is 4.30. The summed E-state index contributed by atoms with van der Waals surface area (Å²) in [6.07, 6.45) is 2.04. The van der Waals surface area contributed by atoms with Gasteiger partial charge in [0.2, 0.25) is 0 Å². The normalized spacial score (nSPS) is 11.4. The number of aromatic nitrogens is 3. The van der Waals surface area contributed by atoms with Crippen LogP contribution in [0.2, 0.25) is 0 Å². The fourth-order valence-electron chi connectivity index (χ4n) is 2.24. The number of nitrogens with one attached hydrogen (secondary N) is 1. The fraction of sp³-hybridized carbons (Fsp3) is 0.125. The monoisotopic (exact) mass is 346 g/mol. The molecule has 1 aromatic carbocycles. The molecule has 0 saturated heterocycles. The van der Waals surface area contributed by atoms with E-state index >= 15 is 0 Å². The molecule has 124 valence electrons. The van der Waals surface area contributed by atoms with Gasteiger partial charge in [0.1, 0.15) is 16.5 Å². The van der Waals surface area contributed by atoms with Crippen LogP contribution in [0, 0.1) is 12.7 Å². The van der Waals surface area contributed by atoms with Gasteiger partial charge in [-0.15, -0.1) is 0 Å². The van der Waals surface area contributed by atoms with E-state index in [1.165, 1.54) is 0 Å². The van der Waals surface area contributed by atoms with Gasteiger partial charge in [-0.3, -0.25) is 9.71 Å². The van der Waals surface area contributed by atoms with Crippen LogP contribution in [0.25, 0.3) is 0 Å². The number of hydrogen-bond donors (Lipinski definition) is 1. The number of nitrogens with zero attached hydrogens (tertiary/aromatic N) is 3. The van der Waals surface area contributed by atoms with Gasteiger partial charge in [0.05, 0.1) is 18.4 Å². The number of halogens is 1. The molecule has 8 heteroatoms. The van der Waals surface area contributed by atoms with Gasteiger partial charge >= 0.3 is 0 Å². The van der Waals surface area contributed by atoms with E-state index < -0.39 is 15.8 Å². The molecule has 24 heavy (non-hydrogen) atoms. The number of benzene rings is 1. The van der Waals surface area contributed by atoms with E-state index in [2.05, 4.69) is 14.8 Å². The van der Waals surface area contributed by atoms with E-state index in [9.17, 15) is 12.8 Å². The number of aryl methyl sites for hydroxylation is 1. The van der Waals surface area contributed by atoms with E-state index in [1.54, 1.807) is 17.7 Å². The van der Waals surface area contributed by atoms with Crippen molar-refractivity contribution in [2.45, 2.75) is 18.4 Å². The lowest BCUT2D eigenvalue weighted by molar-refractivity contribution is 0.591. The maximum absolute atomic E-state index is 13.2. The van der Waals surface area contributed by atoms with Crippen LogP contribution in [0.1, 0.15) is 11.3 Å². The molecule has 3 rings (SSSR count). The predicted molar refractivity (Wildman–Crippen MR) is 87.5 cm³/mol. The summed E-state index contributed by atoms with van der Waals surface area (Å²) in [5.74, 6) is -0.410. The average Bonchev–Trinajstić information content (AvgIpc) is 2.87. The minimum atomic E-state index is -3.95. The molecule has 0 amide bonds. The highest BCUT2D eigenvalue weighted by Gasteiger charge is 2.18. The third-order valence-corrected chi connectivity index (χ3v) is 4.63. The van der Waals surface area contributed by atoms with Crippen molar-refractivity contribution in [2.75, 3.05) is 4.72 Å². The molecule has 2 heterocycles. The van der Waals surface area contributed by atoms with Crippen LogP contribution in [0.15, 0.2) is 59.8 Å². The molecular formula is C16H15FN4O2S. The number of sulfonamides is 1. The van der Waals surface area contributed by atoms with E-state index in [0.29, 0.717) is 18.1 Å². The lowest BCUT2D eigenvalue weighted by atomic mass is 10.2. The van der Waals surface area contributed by atoms with Gasteiger partial charge in [0, 0.05) is 12.3 Å². The zero-order valence-electron chi connectivity index (χ0n) is 12.8. The molecule has 0 fully saturated rings. The molecule has 0 aliphatic heterocycles. The topological polar surface area (TPSA) is 76.9 Å². The van der Waals surface area contributed by atoms with Gasteiger partial charge in [-0.25, -0.2) is 17.5 Å². The second kappa shape index (κ2) is 6.40. The first-order valence-corrected chi connectivity index (χ1v) is 8.64. The minimum absolute atomic E-state index is 0.243. The average molecular weight is 346 g/mol. The third kappa shape index (κ3) is 3.60. The second-order valence-electron chi connectivity index (χ2n) is 5.26. The summed E-state index contributed by atoms with van der Waals surface area (Å²) in [6.45, 7) is 2.18. The highest BCUT2D eigenvalue weighted by atomic mass is 32.2. The Hall–Kier alpha value is -2.74. The van der Waals surface area contributed by atoms with Crippen LogP contribution in [-0.2, 0) is 16.6 Å². The van der Waals surface area contributed by atoms with Crippen molar-refractivity contribution < 1.29 is 12.8 Å². The molecule has 0 saturated carbocycles. The van der Waals surface area contributed by atoms with Crippen molar-refractivity contribution in [3.05, 3.63) is 71.9 Å². The van der Waals surface area contributed by atoms with Gasteiger partial charge in [-0.2, -0.15) is 5.10 Å². The summed E-state index contributed by atoms with van der Waals surface area (Å²) >= 11 is 0. The molecule has 0 aliphatic carbocycles. The summed E-state index contributed by atoms with van der Waals surface area (Å²) in [7, 11) is -3.95. The predicted octanol–water partition coefficient (Wildman–Crippen LogP) is 2.57. The van der Waals surface area contributed by atoms with E-state index in [4.69, 9.17) is 0 Å². The Morgan fingerprint density at radius 1 is 1.17 bits per heavy atom. The van der Waals surface area contributed by atoms with Crippen LogP contribution in [0.4, 0.5) is 10.2 Å². The zero-order valence-corrected chi connectivity index (χ0v) is 13.7. The van der Waals surface area contributed by atoms with Gasteiger partial charge in [0.25, 0.3) is 10.0 Å². The van der Waals surface area contributed by atoms with Gasteiger partial charge < -0.3 is 0 Å². The first-order valence-electron chi connectivity index (χ1n) is 7.16. The fourth-order valence-corrected chi connectivity index (χ4v) is 3.27. The van der Waals surface area contributed by atoms with Gasteiger partial charge in [0.15, 0.2) is 0 Å². The van der Waals surface area contributed by atoms with Crippen molar-refractivity contribution >= 4 is 15.8 Å². The molecule has 3 aromatic rings.